The van der Waals surface area contributed by atoms with Crippen molar-refractivity contribution in [2.75, 3.05) is 25.0 Å². The summed E-state index contributed by atoms with van der Waals surface area (Å²) < 4.78 is 13.8. The van der Waals surface area contributed by atoms with Gasteiger partial charge in [-0.05, 0) is 42.3 Å². The fourth-order valence-electron chi connectivity index (χ4n) is 3.93. The van der Waals surface area contributed by atoms with E-state index in [0.717, 1.165) is 17.8 Å². The van der Waals surface area contributed by atoms with Crippen LogP contribution in [0.4, 0.5) is 10.1 Å². The van der Waals surface area contributed by atoms with Gasteiger partial charge in [-0.2, -0.15) is 0 Å². The van der Waals surface area contributed by atoms with E-state index >= 15 is 0 Å². The van der Waals surface area contributed by atoms with Gasteiger partial charge in [-0.1, -0.05) is 44.2 Å². The van der Waals surface area contributed by atoms with Gasteiger partial charge in [-0.15, -0.1) is 12.4 Å². The molecule has 0 spiro atoms. The van der Waals surface area contributed by atoms with Crippen molar-refractivity contribution in [2.24, 2.45) is 5.92 Å². The highest BCUT2D eigenvalue weighted by molar-refractivity contribution is 5.85. The molecule has 2 aromatic rings. The van der Waals surface area contributed by atoms with Crippen LogP contribution in [0.5, 0.6) is 0 Å². The zero-order valence-corrected chi connectivity index (χ0v) is 16.3. The second-order valence-corrected chi connectivity index (χ2v) is 7.19. The maximum absolute atomic E-state index is 13.8. The first-order valence-corrected chi connectivity index (χ1v) is 8.96. The molecule has 0 radical (unpaired) electrons. The molecule has 0 saturated heterocycles. The fourth-order valence-corrected chi connectivity index (χ4v) is 3.93. The van der Waals surface area contributed by atoms with Crippen LogP contribution in [0.25, 0.3) is 0 Å². The number of halogens is 2. The number of fused-ring (bicyclic) bond motifs is 1. The summed E-state index contributed by atoms with van der Waals surface area (Å²) in [4.78, 5) is 2.25. The van der Waals surface area contributed by atoms with Crippen LogP contribution in [0.1, 0.15) is 36.9 Å². The van der Waals surface area contributed by atoms with Gasteiger partial charge in [0, 0.05) is 24.7 Å². The summed E-state index contributed by atoms with van der Waals surface area (Å²) >= 11 is 0. The normalized spacial score (nSPS) is 18.4. The SMILES string of the molecule is CNC[C@@H](O)[C@H](c1cccc(F)c1)N1CC(C(C)C)c2ccccc21.Cl. The van der Waals surface area contributed by atoms with Gasteiger partial charge in [-0.25, -0.2) is 4.39 Å². The number of rotatable bonds is 6. The quantitative estimate of drug-likeness (QED) is 0.793. The fraction of sp³-hybridized carbons (Fsp3) is 0.429. The second-order valence-electron chi connectivity index (χ2n) is 7.19. The molecule has 0 bridgehead atoms. The molecular formula is C21H28ClFN2O. The van der Waals surface area contributed by atoms with Crippen molar-refractivity contribution in [1.29, 1.82) is 0 Å². The monoisotopic (exact) mass is 378 g/mol. The summed E-state index contributed by atoms with van der Waals surface area (Å²) in [6, 6.07) is 14.7. The molecule has 0 aromatic heterocycles. The van der Waals surface area contributed by atoms with Gasteiger partial charge in [0.1, 0.15) is 5.82 Å². The van der Waals surface area contributed by atoms with Crippen LogP contribution in [0.15, 0.2) is 48.5 Å². The molecule has 3 atom stereocenters. The van der Waals surface area contributed by atoms with Crippen molar-refractivity contribution in [3.8, 4) is 0 Å². The number of likely N-dealkylation sites (N-methyl/N-ethyl adjacent to an activating group) is 1. The van der Waals surface area contributed by atoms with Crippen molar-refractivity contribution in [2.45, 2.75) is 31.9 Å². The standard InChI is InChI=1S/C21H27FN2O.ClH/c1-14(2)18-13-24(19-10-5-4-9-17(18)19)21(20(25)12-23-3)15-7-6-8-16(22)11-15;/h4-11,14,18,20-21,23,25H,12-13H2,1-3H3;1H/t18?,20-,21+;/m1./s1. The molecule has 2 aromatic carbocycles. The van der Waals surface area contributed by atoms with Gasteiger partial charge < -0.3 is 15.3 Å². The van der Waals surface area contributed by atoms with Crippen LogP contribution in [0.3, 0.4) is 0 Å². The Morgan fingerprint density at radius 3 is 2.58 bits per heavy atom. The van der Waals surface area contributed by atoms with E-state index in [-0.39, 0.29) is 24.3 Å². The molecule has 0 fully saturated rings. The summed E-state index contributed by atoms with van der Waals surface area (Å²) in [6.07, 6.45) is -0.634. The summed E-state index contributed by atoms with van der Waals surface area (Å²) in [5, 5.41) is 13.9. The highest BCUT2D eigenvalue weighted by atomic mass is 35.5. The first-order chi connectivity index (χ1) is 12.0. The Balaban J connectivity index is 0.00000243. The number of nitrogens with one attached hydrogen (secondary N) is 1. The number of hydrogen-bond donors (Lipinski definition) is 2. The van der Waals surface area contributed by atoms with E-state index in [0.29, 0.717) is 18.4 Å². The average Bonchev–Trinajstić information content (AvgIpc) is 2.95. The van der Waals surface area contributed by atoms with Crippen molar-refractivity contribution in [3.63, 3.8) is 0 Å². The van der Waals surface area contributed by atoms with Crippen molar-refractivity contribution < 1.29 is 9.50 Å². The molecule has 0 amide bonds. The van der Waals surface area contributed by atoms with E-state index in [4.69, 9.17) is 0 Å². The van der Waals surface area contributed by atoms with Crippen LogP contribution in [-0.2, 0) is 0 Å². The zero-order valence-electron chi connectivity index (χ0n) is 15.5. The van der Waals surface area contributed by atoms with Crippen LogP contribution >= 0.6 is 12.4 Å². The average molecular weight is 379 g/mol. The van der Waals surface area contributed by atoms with Gasteiger partial charge in [0.2, 0.25) is 0 Å². The third-order valence-electron chi connectivity index (χ3n) is 5.15. The summed E-state index contributed by atoms with van der Waals surface area (Å²) in [6.45, 7) is 5.74. The summed E-state index contributed by atoms with van der Waals surface area (Å²) in [5.41, 5.74) is 3.27. The van der Waals surface area contributed by atoms with Crippen molar-refractivity contribution in [3.05, 3.63) is 65.5 Å². The Kier molecular flexibility index (Phi) is 7.04. The lowest BCUT2D eigenvalue weighted by Crippen LogP contribution is -2.41. The molecule has 1 heterocycles. The lowest BCUT2D eigenvalue weighted by atomic mass is 9.90. The minimum absolute atomic E-state index is 0. The first kappa shape index (κ1) is 20.7. The van der Waals surface area contributed by atoms with Crippen LogP contribution < -0.4 is 10.2 Å². The van der Waals surface area contributed by atoms with E-state index in [1.165, 1.54) is 17.7 Å². The lowest BCUT2D eigenvalue weighted by molar-refractivity contribution is 0.140. The molecule has 26 heavy (non-hydrogen) atoms. The number of anilines is 1. The predicted octanol–water partition coefficient (Wildman–Crippen LogP) is 4.13. The molecule has 0 saturated carbocycles. The number of aliphatic hydroxyl groups excluding tert-OH is 1. The minimum Gasteiger partial charge on any atom is -0.389 e. The van der Waals surface area contributed by atoms with Crippen LogP contribution in [0, 0.1) is 11.7 Å². The van der Waals surface area contributed by atoms with Crippen molar-refractivity contribution in [1.82, 2.24) is 5.32 Å². The molecule has 142 valence electrons. The number of aliphatic hydroxyl groups is 1. The molecule has 2 N–H and O–H groups in total. The lowest BCUT2D eigenvalue weighted by Gasteiger charge is -2.35. The number of hydrogen-bond acceptors (Lipinski definition) is 3. The number of para-hydroxylation sites is 1. The smallest absolute Gasteiger partial charge is 0.123 e. The first-order valence-electron chi connectivity index (χ1n) is 8.96. The maximum Gasteiger partial charge on any atom is 0.123 e. The van der Waals surface area contributed by atoms with Crippen LogP contribution in [0.2, 0.25) is 0 Å². The Hall–Kier alpha value is -1.62. The van der Waals surface area contributed by atoms with Crippen LogP contribution in [-0.4, -0.2) is 31.3 Å². The minimum atomic E-state index is -0.634. The summed E-state index contributed by atoms with van der Waals surface area (Å²) in [7, 11) is 1.82. The van der Waals surface area contributed by atoms with E-state index in [1.54, 1.807) is 6.07 Å². The molecule has 1 unspecified atom stereocenters. The molecule has 3 nitrogen and oxygen atoms in total. The zero-order chi connectivity index (χ0) is 18.0. The number of benzene rings is 2. The molecular weight excluding hydrogens is 351 g/mol. The van der Waals surface area contributed by atoms with Crippen molar-refractivity contribution >= 4 is 18.1 Å². The molecule has 5 heteroatoms. The van der Waals surface area contributed by atoms with Gasteiger partial charge in [0.05, 0.1) is 12.1 Å². The van der Waals surface area contributed by atoms with E-state index in [1.807, 2.05) is 19.2 Å². The Morgan fingerprint density at radius 1 is 1.19 bits per heavy atom. The summed E-state index contributed by atoms with van der Waals surface area (Å²) in [5.74, 6) is 0.641. The predicted molar refractivity (Wildman–Crippen MR) is 108 cm³/mol. The van der Waals surface area contributed by atoms with E-state index < -0.39 is 6.10 Å². The maximum atomic E-state index is 13.8. The third-order valence-corrected chi connectivity index (χ3v) is 5.15. The van der Waals surface area contributed by atoms with Gasteiger partial charge >= 0.3 is 0 Å². The topological polar surface area (TPSA) is 35.5 Å². The highest BCUT2D eigenvalue weighted by Crippen LogP contribution is 2.44. The Morgan fingerprint density at radius 2 is 1.92 bits per heavy atom. The molecule has 3 rings (SSSR count). The van der Waals surface area contributed by atoms with Gasteiger partial charge in [0.25, 0.3) is 0 Å². The molecule has 1 aliphatic heterocycles. The van der Waals surface area contributed by atoms with E-state index in [9.17, 15) is 9.50 Å². The number of nitrogens with zero attached hydrogens (tertiary/aromatic N) is 1. The second kappa shape index (κ2) is 8.85. The Bertz CT molecular complexity index is 725. The van der Waals surface area contributed by atoms with E-state index in [2.05, 4.69) is 42.3 Å². The van der Waals surface area contributed by atoms with Gasteiger partial charge in [-0.3, -0.25) is 0 Å². The third kappa shape index (κ3) is 4.03. The largest absolute Gasteiger partial charge is 0.389 e. The highest BCUT2D eigenvalue weighted by Gasteiger charge is 2.37. The molecule has 1 aliphatic rings. The Labute approximate surface area is 161 Å². The molecule has 0 aliphatic carbocycles. The van der Waals surface area contributed by atoms with Gasteiger partial charge in [0.15, 0.2) is 0 Å².